The van der Waals surface area contributed by atoms with Gasteiger partial charge in [-0.3, -0.25) is 24.5 Å². The largest absolute Gasteiger partial charge is 0.468 e. The van der Waals surface area contributed by atoms with Crippen LogP contribution in [0, 0.1) is 25.2 Å². The van der Waals surface area contributed by atoms with Gasteiger partial charge in [0.15, 0.2) is 0 Å². The highest BCUT2D eigenvalue weighted by Crippen LogP contribution is 2.33. The minimum Gasteiger partial charge on any atom is -0.468 e. The third-order valence-electron chi connectivity index (χ3n) is 9.23. The van der Waals surface area contributed by atoms with E-state index in [1.165, 1.54) is 7.11 Å². The van der Waals surface area contributed by atoms with Crippen molar-refractivity contribution in [2.45, 2.75) is 65.0 Å². The Labute approximate surface area is 298 Å². The summed E-state index contributed by atoms with van der Waals surface area (Å²) >= 11 is 6.78. The van der Waals surface area contributed by atoms with Gasteiger partial charge in [-0.15, -0.1) is 0 Å². The van der Waals surface area contributed by atoms with Crippen LogP contribution in [-0.4, -0.2) is 58.2 Å². The number of carbonyl (C=O) groups excluding carboxylic acids is 2. The number of hydrogen-bond acceptors (Lipinski definition) is 8. The van der Waals surface area contributed by atoms with Crippen LogP contribution in [0.1, 0.15) is 81.7 Å². The third kappa shape index (κ3) is 8.64. The Morgan fingerprint density at radius 3 is 2.68 bits per heavy atom. The van der Waals surface area contributed by atoms with E-state index < -0.39 is 0 Å². The zero-order valence-corrected chi connectivity index (χ0v) is 29.5. The maximum atomic E-state index is 13.1. The number of methoxy groups -OCH3 is 1. The predicted octanol–water partition coefficient (Wildman–Crippen LogP) is 7.55. The molecule has 50 heavy (non-hydrogen) atoms. The van der Waals surface area contributed by atoms with Crippen molar-refractivity contribution < 1.29 is 19.4 Å². The lowest BCUT2D eigenvalue weighted by Crippen LogP contribution is -2.44. The second-order valence-corrected chi connectivity index (χ2v) is 12.9. The van der Waals surface area contributed by atoms with Crippen molar-refractivity contribution in [3.63, 3.8) is 0 Å². The van der Waals surface area contributed by atoms with Crippen LogP contribution >= 0.6 is 11.6 Å². The molecule has 2 N–H and O–H groups in total. The number of nitrogens with one attached hydrogen (secondary N) is 1. The van der Waals surface area contributed by atoms with Gasteiger partial charge in [-0.2, -0.15) is 5.26 Å². The molecule has 4 aromatic rings. The lowest BCUT2D eigenvalue weighted by Gasteiger charge is -2.34. The number of anilines is 1. The average molecular weight is 692 g/mol. The number of halogens is 1. The van der Waals surface area contributed by atoms with Crippen molar-refractivity contribution in [1.29, 1.82) is 5.26 Å². The van der Waals surface area contributed by atoms with Crippen LogP contribution in [0.3, 0.4) is 0 Å². The van der Waals surface area contributed by atoms with Crippen molar-refractivity contribution in [1.82, 2.24) is 14.9 Å². The number of unbranched alkanes of at least 4 members (excludes halogenated alkanes) is 1. The van der Waals surface area contributed by atoms with Crippen LogP contribution in [0.2, 0.25) is 5.02 Å². The number of nitriles is 1. The summed E-state index contributed by atoms with van der Waals surface area (Å²) in [6, 6.07) is 17.0. The Kier molecular flexibility index (Phi) is 12.5. The van der Waals surface area contributed by atoms with Crippen molar-refractivity contribution >= 4 is 41.3 Å². The van der Waals surface area contributed by atoms with Gasteiger partial charge in [0.2, 0.25) is 0 Å². The van der Waals surface area contributed by atoms with Gasteiger partial charge in [0.25, 0.3) is 5.91 Å². The van der Waals surface area contributed by atoms with Crippen LogP contribution in [0.25, 0.3) is 23.3 Å². The smallest absolute Gasteiger partial charge is 0.323 e. The molecule has 1 amide bonds. The van der Waals surface area contributed by atoms with Gasteiger partial charge < -0.3 is 15.2 Å². The number of nitrogens with zero attached hydrogens (tertiary/aromatic N) is 4. The molecule has 1 atom stereocenters. The number of ether oxygens (including phenoxy) is 1. The lowest BCUT2D eigenvalue weighted by atomic mass is 9.94. The lowest BCUT2D eigenvalue weighted by molar-refractivity contribution is -0.148. The summed E-state index contributed by atoms with van der Waals surface area (Å²) in [5, 5.41) is 22.8. The number of aliphatic hydroxyl groups is 1. The van der Waals surface area contributed by atoms with Gasteiger partial charge in [0.1, 0.15) is 17.8 Å². The zero-order chi connectivity index (χ0) is 35.6. The molecule has 10 heteroatoms. The van der Waals surface area contributed by atoms with Crippen LogP contribution in [0.5, 0.6) is 0 Å². The molecule has 0 saturated carbocycles. The summed E-state index contributed by atoms with van der Waals surface area (Å²) in [6.07, 6.45) is 12.2. The van der Waals surface area contributed by atoms with Crippen molar-refractivity contribution in [3.05, 3.63) is 111 Å². The van der Waals surface area contributed by atoms with Crippen LogP contribution in [0.4, 0.5) is 5.69 Å². The number of carbonyl (C=O) groups is 2. The van der Waals surface area contributed by atoms with E-state index >= 15 is 0 Å². The van der Waals surface area contributed by atoms with Crippen molar-refractivity contribution in [3.8, 4) is 17.2 Å². The highest BCUT2D eigenvalue weighted by molar-refractivity contribution is 6.32. The predicted molar refractivity (Wildman–Crippen MR) is 197 cm³/mol. The number of piperidine rings is 1. The first-order chi connectivity index (χ1) is 24.2. The van der Waals surface area contributed by atoms with Crippen molar-refractivity contribution in [2.75, 3.05) is 25.6 Å². The van der Waals surface area contributed by atoms with Gasteiger partial charge in [-0.25, -0.2) is 0 Å². The Bertz CT molecular complexity index is 1920. The number of hydrogen-bond donors (Lipinski definition) is 2. The molecular weight excluding hydrogens is 650 g/mol. The van der Waals surface area contributed by atoms with Gasteiger partial charge in [0.05, 0.1) is 18.4 Å². The number of benzene rings is 2. The number of amides is 1. The number of rotatable bonds is 12. The highest BCUT2D eigenvalue weighted by atomic mass is 35.5. The van der Waals surface area contributed by atoms with E-state index in [1.54, 1.807) is 30.6 Å². The third-order valence-corrected chi connectivity index (χ3v) is 9.56. The molecule has 5 rings (SSSR count). The Morgan fingerprint density at radius 2 is 1.94 bits per heavy atom. The molecule has 0 aliphatic carbocycles. The summed E-state index contributed by atoms with van der Waals surface area (Å²) in [4.78, 5) is 36.5. The Morgan fingerprint density at radius 1 is 1.10 bits per heavy atom. The average Bonchev–Trinajstić information content (AvgIpc) is 3.13. The zero-order valence-electron chi connectivity index (χ0n) is 28.7. The molecule has 2 aromatic heterocycles. The Balaban J connectivity index is 1.35. The number of likely N-dealkylation sites (tertiary alicyclic amines) is 1. The van der Waals surface area contributed by atoms with Crippen LogP contribution in [-0.2, 0) is 22.5 Å². The fraction of sp³-hybridized carbons (Fsp3) is 0.325. The first-order valence-corrected chi connectivity index (χ1v) is 17.3. The van der Waals surface area contributed by atoms with Crippen molar-refractivity contribution in [2.24, 2.45) is 0 Å². The molecule has 1 aliphatic rings. The quantitative estimate of drug-likeness (QED) is 0.115. The number of aryl methyl sites for hydroxylation is 2. The molecular formula is C40H42ClN5O4. The molecule has 258 valence electrons. The molecule has 1 aliphatic heterocycles. The fourth-order valence-electron chi connectivity index (χ4n) is 6.36. The second kappa shape index (κ2) is 17.2. The minimum atomic E-state index is -0.330. The van der Waals surface area contributed by atoms with Gasteiger partial charge >= 0.3 is 5.97 Å². The van der Waals surface area contributed by atoms with Gasteiger partial charge in [-0.1, -0.05) is 48.4 Å². The second-order valence-electron chi connectivity index (χ2n) is 12.5. The normalized spacial score (nSPS) is 14.8. The number of pyridine rings is 2. The molecule has 1 saturated heterocycles. The molecule has 0 unspecified atom stereocenters. The molecule has 0 radical (unpaired) electrons. The minimum absolute atomic E-state index is 0.158. The number of aliphatic hydroxyl groups excluding tert-OH is 1. The van der Waals surface area contributed by atoms with E-state index in [2.05, 4.69) is 26.3 Å². The van der Waals surface area contributed by atoms with Crippen LogP contribution < -0.4 is 5.32 Å². The van der Waals surface area contributed by atoms with E-state index in [9.17, 15) is 14.9 Å². The van der Waals surface area contributed by atoms with E-state index in [0.717, 1.165) is 78.5 Å². The summed E-state index contributed by atoms with van der Waals surface area (Å²) in [5.41, 5.74) is 8.00. The molecule has 3 heterocycles. The standard InChI is InChI=1S/C40H42ClN5O4/c1-26-21-29(34(41)22-30(26)25-46-19-6-4-12-38(46)40(49)50-3)14-16-36-33(23-42)32(17-18-43-36)31-10-8-11-35(27(31)2)45-39(48)37-15-13-28(24-44-37)9-5-7-20-47/h8,10-11,13-18,21-22,24,38,47H,4-7,9,12,19-20,25H2,1-3H3,(H,45,48)/b16-14+/t38-/m0/s1. The van der Waals surface area contributed by atoms with Gasteiger partial charge in [-0.05, 0) is 116 Å². The van der Waals surface area contributed by atoms with Gasteiger partial charge in [0, 0.05) is 41.8 Å². The van der Waals surface area contributed by atoms with E-state index in [0.29, 0.717) is 39.8 Å². The number of esters is 1. The first-order valence-electron chi connectivity index (χ1n) is 16.9. The Hall–Kier alpha value is -4.88. The highest BCUT2D eigenvalue weighted by Gasteiger charge is 2.29. The maximum Gasteiger partial charge on any atom is 0.323 e. The molecule has 0 spiro atoms. The van der Waals surface area contributed by atoms with Crippen LogP contribution in [0.15, 0.2) is 60.9 Å². The molecule has 9 nitrogen and oxygen atoms in total. The molecule has 0 bridgehead atoms. The topological polar surface area (TPSA) is 128 Å². The van der Waals surface area contributed by atoms with E-state index in [4.69, 9.17) is 21.4 Å². The number of aromatic nitrogens is 2. The summed E-state index contributed by atoms with van der Waals surface area (Å²) < 4.78 is 5.05. The fourth-order valence-corrected chi connectivity index (χ4v) is 6.61. The molecule has 1 fully saturated rings. The summed E-state index contributed by atoms with van der Waals surface area (Å²) in [7, 11) is 1.43. The van der Waals surface area contributed by atoms with E-state index in [1.807, 2.05) is 56.3 Å². The maximum absolute atomic E-state index is 13.1. The van der Waals surface area contributed by atoms with E-state index in [-0.39, 0.29) is 24.5 Å². The summed E-state index contributed by atoms with van der Waals surface area (Å²) in [5.74, 6) is -0.531. The summed E-state index contributed by atoms with van der Waals surface area (Å²) in [6.45, 7) is 5.52. The SMILES string of the molecule is COC(=O)[C@@H]1CCCCN1Cc1cc(Cl)c(/C=C/c2nccc(-c3cccc(NC(=O)c4ccc(CCCCO)cn4)c3C)c2C#N)cc1C. The first kappa shape index (κ1) is 36.4. The molecule has 2 aromatic carbocycles. The monoisotopic (exact) mass is 691 g/mol.